The van der Waals surface area contributed by atoms with Crippen LogP contribution >= 0.6 is 0 Å². The van der Waals surface area contributed by atoms with Gasteiger partial charge in [0, 0.05) is 35.1 Å². The number of pyridine rings is 2. The van der Waals surface area contributed by atoms with Crippen molar-refractivity contribution in [3.05, 3.63) is 70.7 Å². The number of hydrogen-bond donors (Lipinski definition) is 2. The molecule has 2 N–H and O–H groups in total. The first-order chi connectivity index (χ1) is 20.7. The van der Waals surface area contributed by atoms with E-state index in [1.807, 2.05) is 12.1 Å². The SMILES string of the molecule is Cc1nc(F)ccc1C(Nc1cc(C#N)c2ncc(C#N)c(NCC(C)(C)C(F)(F)F)c2c1)c1cn(C2(C(F)F)CC2)nn1. The van der Waals surface area contributed by atoms with E-state index in [0.29, 0.717) is 5.56 Å². The Labute approximate surface area is 247 Å². The zero-order valence-electron chi connectivity index (χ0n) is 23.6. The Balaban J connectivity index is 1.62. The van der Waals surface area contributed by atoms with Gasteiger partial charge in [-0.1, -0.05) is 11.3 Å². The van der Waals surface area contributed by atoms with Crippen LogP contribution in [0.3, 0.4) is 0 Å². The summed E-state index contributed by atoms with van der Waals surface area (Å²) < 4.78 is 83.5. The molecule has 0 bridgehead atoms. The van der Waals surface area contributed by atoms with E-state index in [-0.39, 0.29) is 57.6 Å². The Bertz CT molecular complexity index is 1810. The lowest BCUT2D eigenvalue weighted by molar-refractivity contribution is -0.206. The maximum atomic E-state index is 13.9. The maximum Gasteiger partial charge on any atom is 0.395 e. The minimum absolute atomic E-state index is 0.0404. The third-order valence-electron chi connectivity index (χ3n) is 7.83. The van der Waals surface area contributed by atoms with Crippen molar-refractivity contribution in [2.24, 2.45) is 5.41 Å². The molecule has 3 heterocycles. The normalized spacial score (nSPS) is 15.1. The molecule has 5 rings (SSSR count). The highest BCUT2D eigenvalue weighted by molar-refractivity contribution is 5.99. The fourth-order valence-corrected chi connectivity index (χ4v) is 4.78. The van der Waals surface area contributed by atoms with Gasteiger partial charge in [-0.3, -0.25) is 4.98 Å². The number of nitrogens with one attached hydrogen (secondary N) is 2. The predicted octanol–water partition coefficient (Wildman–Crippen LogP) is 6.37. The molecule has 1 aromatic carbocycles. The molecule has 3 aromatic heterocycles. The van der Waals surface area contributed by atoms with Crippen LogP contribution in [-0.4, -0.2) is 44.1 Å². The summed E-state index contributed by atoms with van der Waals surface area (Å²) in [6.45, 7) is 3.00. The smallest absolute Gasteiger partial charge is 0.382 e. The number of alkyl halides is 5. The fourth-order valence-electron chi connectivity index (χ4n) is 4.78. The summed E-state index contributed by atoms with van der Waals surface area (Å²) in [6, 6.07) is 8.52. The molecule has 1 atom stereocenters. The minimum atomic E-state index is -4.55. The number of nitrogens with zero attached hydrogens (tertiary/aromatic N) is 7. The topological polar surface area (TPSA) is 128 Å². The third-order valence-corrected chi connectivity index (χ3v) is 7.83. The molecule has 1 aliphatic rings. The summed E-state index contributed by atoms with van der Waals surface area (Å²) in [7, 11) is 0. The molecule has 9 nitrogen and oxygen atoms in total. The first-order valence-corrected chi connectivity index (χ1v) is 13.4. The number of aryl methyl sites for hydroxylation is 1. The molecule has 15 heteroatoms. The largest absolute Gasteiger partial charge is 0.395 e. The lowest BCUT2D eigenvalue weighted by Crippen LogP contribution is -2.38. The van der Waals surface area contributed by atoms with E-state index in [1.165, 1.54) is 30.6 Å². The van der Waals surface area contributed by atoms with Gasteiger partial charge in [-0.2, -0.15) is 28.1 Å². The molecule has 1 aliphatic carbocycles. The summed E-state index contributed by atoms with van der Waals surface area (Å²) >= 11 is 0. The van der Waals surface area contributed by atoms with E-state index in [1.54, 1.807) is 6.92 Å². The molecular weight excluding hydrogens is 588 g/mol. The molecule has 1 fully saturated rings. The lowest BCUT2D eigenvalue weighted by atomic mass is 9.92. The lowest BCUT2D eigenvalue weighted by Gasteiger charge is -2.28. The van der Waals surface area contributed by atoms with Crippen LogP contribution in [-0.2, 0) is 5.54 Å². The van der Waals surface area contributed by atoms with Crippen molar-refractivity contribution in [3.8, 4) is 12.1 Å². The number of nitriles is 2. The van der Waals surface area contributed by atoms with Crippen molar-refractivity contribution in [1.82, 2.24) is 25.0 Å². The molecule has 1 saturated carbocycles. The van der Waals surface area contributed by atoms with Gasteiger partial charge in [-0.25, -0.2) is 18.4 Å². The van der Waals surface area contributed by atoms with E-state index in [9.17, 15) is 36.9 Å². The summed E-state index contributed by atoms with van der Waals surface area (Å²) in [4.78, 5) is 8.07. The van der Waals surface area contributed by atoms with Crippen LogP contribution in [0.5, 0.6) is 0 Å². The molecule has 0 amide bonds. The quantitative estimate of drug-likeness (QED) is 0.165. The van der Waals surface area contributed by atoms with Gasteiger partial charge in [-0.15, -0.1) is 5.10 Å². The van der Waals surface area contributed by atoms with E-state index in [0.717, 1.165) is 24.6 Å². The average molecular weight is 614 g/mol. The summed E-state index contributed by atoms with van der Waals surface area (Å²) in [6.07, 6.45) is -4.25. The van der Waals surface area contributed by atoms with E-state index >= 15 is 0 Å². The van der Waals surface area contributed by atoms with E-state index < -0.39 is 42.1 Å². The van der Waals surface area contributed by atoms with Crippen molar-refractivity contribution in [1.29, 1.82) is 10.5 Å². The summed E-state index contributed by atoms with van der Waals surface area (Å²) in [5.41, 5.74) is -2.31. The van der Waals surface area contributed by atoms with Crippen LogP contribution < -0.4 is 10.6 Å². The molecule has 4 aromatic rings. The number of rotatable bonds is 9. The van der Waals surface area contributed by atoms with E-state index in [2.05, 4.69) is 30.9 Å². The Hall–Kier alpha value is -4.92. The van der Waals surface area contributed by atoms with Crippen molar-refractivity contribution in [3.63, 3.8) is 0 Å². The standard InChI is InChI=1S/C29H25F6N9/c1-15-19(4-5-22(30)40-15)25(21-13-44(43-42-21)28(6-7-28)26(31)32)41-18-8-16(10-36)23-20(9-18)24(17(11-37)12-38-23)39-14-27(2,3)29(33,34)35/h4-5,8-9,12-13,25-26,41H,6-7,14H2,1-3H3,(H,38,39). The number of benzene rings is 1. The molecule has 0 aliphatic heterocycles. The minimum Gasteiger partial charge on any atom is -0.382 e. The Kier molecular flexibility index (Phi) is 7.61. The van der Waals surface area contributed by atoms with Gasteiger partial charge >= 0.3 is 6.18 Å². The van der Waals surface area contributed by atoms with Gasteiger partial charge in [0.2, 0.25) is 5.95 Å². The van der Waals surface area contributed by atoms with Crippen LogP contribution in [0.15, 0.2) is 36.7 Å². The van der Waals surface area contributed by atoms with Crippen LogP contribution in [0, 0.1) is 40.9 Å². The number of aromatic nitrogens is 5. The Morgan fingerprint density at radius 2 is 1.80 bits per heavy atom. The highest BCUT2D eigenvalue weighted by Crippen LogP contribution is 2.48. The van der Waals surface area contributed by atoms with E-state index in [4.69, 9.17) is 0 Å². The first-order valence-electron chi connectivity index (χ1n) is 13.4. The van der Waals surface area contributed by atoms with Gasteiger partial charge in [0.25, 0.3) is 6.43 Å². The highest BCUT2D eigenvalue weighted by atomic mass is 19.4. The third kappa shape index (κ3) is 5.45. The fraction of sp³-hybridized carbons (Fsp3) is 0.379. The van der Waals surface area contributed by atoms with Crippen molar-refractivity contribution in [2.75, 3.05) is 17.2 Å². The zero-order valence-corrected chi connectivity index (χ0v) is 23.6. The molecule has 0 saturated heterocycles. The molecular formula is C29H25F6N9. The second-order valence-electron chi connectivity index (χ2n) is 11.3. The molecule has 228 valence electrons. The van der Waals surface area contributed by atoms with Crippen LogP contribution in [0.2, 0.25) is 0 Å². The number of halogens is 6. The highest BCUT2D eigenvalue weighted by Gasteiger charge is 2.54. The van der Waals surface area contributed by atoms with Gasteiger partial charge in [0.05, 0.1) is 40.0 Å². The maximum absolute atomic E-state index is 13.9. The molecule has 0 radical (unpaired) electrons. The van der Waals surface area contributed by atoms with Crippen molar-refractivity contribution < 1.29 is 26.3 Å². The second kappa shape index (κ2) is 11.0. The Morgan fingerprint density at radius 3 is 2.39 bits per heavy atom. The van der Waals surface area contributed by atoms with Gasteiger partial charge < -0.3 is 10.6 Å². The molecule has 44 heavy (non-hydrogen) atoms. The molecule has 0 spiro atoms. The average Bonchev–Trinajstić information content (AvgIpc) is 3.64. The van der Waals surface area contributed by atoms with Crippen LogP contribution in [0.4, 0.5) is 37.7 Å². The van der Waals surface area contributed by atoms with Crippen molar-refractivity contribution >= 4 is 22.3 Å². The zero-order chi connectivity index (χ0) is 32.0. The number of fused-ring (bicyclic) bond motifs is 1. The number of anilines is 2. The second-order valence-corrected chi connectivity index (χ2v) is 11.3. The summed E-state index contributed by atoms with van der Waals surface area (Å²) in [5, 5.41) is 33.8. The molecule has 1 unspecified atom stereocenters. The monoisotopic (exact) mass is 613 g/mol. The van der Waals surface area contributed by atoms with Crippen LogP contribution in [0.25, 0.3) is 10.9 Å². The Morgan fingerprint density at radius 1 is 1.09 bits per heavy atom. The van der Waals surface area contributed by atoms with Gasteiger partial charge in [-0.05, 0) is 51.8 Å². The first kappa shape index (κ1) is 30.5. The summed E-state index contributed by atoms with van der Waals surface area (Å²) in [5.74, 6) is -0.742. The van der Waals surface area contributed by atoms with Gasteiger partial charge in [0.15, 0.2) is 0 Å². The predicted molar refractivity (Wildman–Crippen MR) is 147 cm³/mol. The number of hydrogen-bond acceptors (Lipinski definition) is 8. The van der Waals surface area contributed by atoms with Gasteiger partial charge in [0.1, 0.15) is 23.4 Å². The van der Waals surface area contributed by atoms with Crippen molar-refractivity contribution in [2.45, 2.75) is 57.8 Å². The van der Waals surface area contributed by atoms with Crippen LogP contribution in [0.1, 0.15) is 60.8 Å².